The van der Waals surface area contributed by atoms with E-state index in [-0.39, 0.29) is 24.0 Å². The maximum Gasteiger partial charge on any atom is 0.318 e. The summed E-state index contributed by atoms with van der Waals surface area (Å²) < 4.78 is 0. The molecule has 0 spiro atoms. The molecule has 1 saturated carbocycles. The molecule has 3 amide bonds. The molecule has 1 aromatic rings. The normalized spacial score (nSPS) is 20.8. The number of carbonyl (C=O) groups excluding carboxylic acids is 2. The maximum absolute atomic E-state index is 12.6. The van der Waals surface area contributed by atoms with Crippen molar-refractivity contribution in [1.82, 2.24) is 15.5 Å². The van der Waals surface area contributed by atoms with Crippen molar-refractivity contribution in [2.45, 2.75) is 69.9 Å². The molecular formula is C21H31N3O2. The van der Waals surface area contributed by atoms with Gasteiger partial charge in [0.05, 0.1) is 0 Å². The highest BCUT2D eigenvalue weighted by Crippen LogP contribution is 2.21. The number of benzene rings is 1. The second-order valence-electron chi connectivity index (χ2n) is 7.52. The summed E-state index contributed by atoms with van der Waals surface area (Å²) in [5.41, 5.74) is 1.29. The Morgan fingerprint density at radius 2 is 1.77 bits per heavy atom. The molecule has 5 nitrogen and oxygen atoms in total. The summed E-state index contributed by atoms with van der Waals surface area (Å²) in [6, 6.07) is 10.2. The van der Waals surface area contributed by atoms with E-state index >= 15 is 0 Å². The van der Waals surface area contributed by atoms with Gasteiger partial charge in [-0.25, -0.2) is 4.79 Å². The number of hydrogen-bond donors (Lipinski definition) is 2. The van der Waals surface area contributed by atoms with Crippen molar-refractivity contribution < 1.29 is 9.59 Å². The van der Waals surface area contributed by atoms with Crippen LogP contribution in [-0.2, 0) is 11.2 Å². The zero-order valence-electron chi connectivity index (χ0n) is 15.6. The molecule has 1 saturated heterocycles. The monoisotopic (exact) mass is 357 g/mol. The lowest BCUT2D eigenvalue weighted by atomic mass is 9.96. The maximum atomic E-state index is 12.6. The minimum atomic E-state index is -0.310. The highest BCUT2D eigenvalue weighted by molar-refractivity contribution is 5.87. The van der Waals surface area contributed by atoms with E-state index in [1.807, 2.05) is 18.2 Å². The molecule has 0 aromatic heterocycles. The standard InChI is InChI=1S/C21H31N3O2/c25-20(22-15-7-11-17-9-3-1-4-10-17)19-14-8-16-24(19)21(26)23-18-12-5-2-6-13-18/h1,3-4,9-10,18-19H,2,5-8,11-16H2,(H,22,25)(H,23,26). The molecule has 2 N–H and O–H groups in total. The van der Waals surface area contributed by atoms with Gasteiger partial charge in [0, 0.05) is 19.1 Å². The average Bonchev–Trinajstić information content (AvgIpc) is 3.17. The predicted octanol–water partition coefficient (Wildman–Crippen LogP) is 3.24. The van der Waals surface area contributed by atoms with Gasteiger partial charge in [-0.05, 0) is 44.1 Å². The number of nitrogens with zero attached hydrogens (tertiary/aromatic N) is 1. The summed E-state index contributed by atoms with van der Waals surface area (Å²) in [4.78, 5) is 26.8. The van der Waals surface area contributed by atoms with Gasteiger partial charge in [0.15, 0.2) is 0 Å². The highest BCUT2D eigenvalue weighted by atomic mass is 16.2. The van der Waals surface area contributed by atoms with Crippen LogP contribution in [0.5, 0.6) is 0 Å². The molecule has 2 aliphatic rings. The van der Waals surface area contributed by atoms with E-state index in [1.54, 1.807) is 4.90 Å². The van der Waals surface area contributed by atoms with Crippen LogP contribution in [0.2, 0.25) is 0 Å². The molecule has 1 aliphatic heterocycles. The molecule has 3 rings (SSSR count). The van der Waals surface area contributed by atoms with Gasteiger partial charge >= 0.3 is 6.03 Å². The molecule has 1 atom stereocenters. The van der Waals surface area contributed by atoms with Crippen molar-refractivity contribution in [3.05, 3.63) is 35.9 Å². The van der Waals surface area contributed by atoms with Crippen LogP contribution < -0.4 is 10.6 Å². The summed E-state index contributed by atoms with van der Waals surface area (Å²) >= 11 is 0. The molecule has 1 unspecified atom stereocenters. The topological polar surface area (TPSA) is 61.4 Å². The molecule has 5 heteroatoms. The van der Waals surface area contributed by atoms with E-state index in [2.05, 4.69) is 22.8 Å². The molecule has 1 aliphatic carbocycles. The fourth-order valence-electron chi connectivity index (χ4n) is 4.05. The van der Waals surface area contributed by atoms with Gasteiger partial charge in [-0.2, -0.15) is 0 Å². The lowest BCUT2D eigenvalue weighted by Gasteiger charge is -2.29. The molecule has 1 aromatic carbocycles. The minimum Gasteiger partial charge on any atom is -0.354 e. The summed E-state index contributed by atoms with van der Waals surface area (Å²) in [5.74, 6) is -0.00523. The number of rotatable bonds is 6. The Morgan fingerprint density at radius 1 is 1.00 bits per heavy atom. The first-order valence-corrected chi connectivity index (χ1v) is 10.1. The third-order valence-corrected chi connectivity index (χ3v) is 5.53. The molecule has 26 heavy (non-hydrogen) atoms. The first-order chi connectivity index (χ1) is 12.7. The summed E-state index contributed by atoms with van der Waals surface area (Å²) in [7, 11) is 0. The molecule has 142 valence electrons. The van der Waals surface area contributed by atoms with Crippen LogP contribution >= 0.6 is 0 Å². The van der Waals surface area contributed by atoms with Gasteiger partial charge in [0.1, 0.15) is 6.04 Å². The third-order valence-electron chi connectivity index (χ3n) is 5.53. The van der Waals surface area contributed by atoms with E-state index in [1.165, 1.54) is 24.8 Å². The molecule has 0 radical (unpaired) electrons. The predicted molar refractivity (Wildman–Crippen MR) is 103 cm³/mol. The van der Waals surface area contributed by atoms with Crippen LogP contribution in [-0.4, -0.2) is 42.0 Å². The second kappa shape index (κ2) is 9.60. The van der Waals surface area contributed by atoms with Crippen LogP contribution in [0.3, 0.4) is 0 Å². The second-order valence-corrected chi connectivity index (χ2v) is 7.52. The number of carbonyl (C=O) groups is 2. The van der Waals surface area contributed by atoms with Gasteiger partial charge in [-0.1, -0.05) is 49.6 Å². The van der Waals surface area contributed by atoms with Crippen LogP contribution in [0.4, 0.5) is 4.79 Å². The van der Waals surface area contributed by atoms with E-state index in [9.17, 15) is 9.59 Å². The fourth-order valence-corrected chi connectivity index (χ4v) is 4.05. The number of amides is 3. The van der Waals surface area contributed by atoms with Gasteiger partial charge in [-0.3, -0.25) is 4.79 Å². The molecule has 1 heterocycles. The lowest BCUT2D eigenvalue weighted by molar-refractivity contribution is -0.124. The Balaban J connectivity index is 1.41. The first kappa shape index (κ1) is 18.7. The first-order valence-electron chi connectivity index (χ1n) is 10.1. The molecule has 0 bridgehead atoms. The van der Waals surface area contributed by atoms with Crippen molar-refractivity contribution in [2.75, 3.05) is 13.1 Å². The number of urea groups is 1. The molecule has 2 fully saturated rings. The van der Waals surface area contributed by atoms with Crippen LogP contribution in [0.25, 0.3) is 0 Å². The highest BCUT2D eigenvalue weighted by Gasteiger charge is 2.34. The Hall–Kier alpha value is -2.04. The Bertz CT molecular complexity index is 584. The van der Waals surface area contributed by atoms with Crippen molar-refractivity contribution in [3.63, 3.8) is 0 Å². The smallest absolute Gasteiger partial charge is 0.318 e. The minimum absolute atomic E-state index is 0.00523. The van der Waals surface area contributed by atoms with Crippen LogP contribution in [0, 0.1) is 0 Å². The SMILES string of the molecule is O=C(NCCCc1ccccc1)C1CCCN1C(=O)NC1CCCCC1. The van der Waals surface area contributed by atoms with E-state index < -0.39 is 0 Å². The third kappa shape index (κ3) is 5.23. The zero-order valence-corrected chi connectivity index (χ0v) is 15.6. The van der Waals surface area contributed by atoms with Crippen molar-refractivity contribution in [3.8, 4) is 0 Å². The summed E-state index contributed by atoms with van der Waals surface area (Å²) in [6.07, 6.45) is 9.32. The average molecular weight is 357 g/mol. The fraction of sp³-hybridized carbons (Fsp3) is 0.619. The Labute approximate surface area is 156 Å². The van der Waals surface area contributed by atoms with Crippen molar-refractivity contribution in [2.24, 2.45) is 0 Å². The summed E-state index contributed by atoms with van der Waals surface area (Å²) in [5, 5.41) is 6.16. The number of nitrogens with one attached hydrogen (secondary N) is 2. The Kier molecular flexibility index (Phi) is 6.92. The van der Waals surface area contributed by atoms with Crippen LogP contribution in [0.15, 0.2) is 30.3 Å². The van der Waals surface area contributed by atoms with Crippen molar-refractivity contribution >= 4 is 11.9 Å². The summed E-state index contributed by atoms with van der Waals surface area (Å²) in [6.45, 7) is 1.34. The van der Waals surface area contributed by atoms with Gasteiger partial charge in [-0.15, -0.1) is 0 Å². The number of likely N-dealkylation sites (tertiary alicyclic amines) is 1. The van der Waals surface area contributed by atoms with Gasteiger partial charge in [0.2, 0.25) is 5.91 Å². The zero-order chi connectivity index (χ0) is 18.2. The molecular weight excluding hydrogens is 326 g/mol. The number of hydrogen-bond acceptors (Lipinski definition) is 2. The van der Waals surface area contributed by atoms with Gasteiger partial charge in [0.25, 0.3) is 0 Å². The van der Waals surface area contributed by atoms with E-state index in [0.29, 0.717) is 13.1 Å². The van der Waals surface area contributed by atoms with Crippen molar-refractivity contribution in [1.29, 1.82) is 0 Å². The van der Waals surface area contributed by atoms with Crippen LogP contribution in [0.1, 0.15) is 56.9 Å². The van der Waals surface area contributed by atoms with Gasteiger partial charge < -0.3 is 15.5 Å². The lowest BCUT2D eigenvalue weighted by Crippen LogP contribution is -2.52. The Morgan fingerprint density at radius 3 is 2.54 bits per heavy atom. The van der Waals surface area contributed by atoms with E-state index in [0.717, 1.165) is 38.5 Å². The number of aryl methyl sites for hydroxylation is 1. The van der Waals surface area contributed by atoms with E-state index in [4.69, 9.17) is 0 Å². The quantitative estimate of drug-likeness (QED) is 0.768. The largest absolute Gasteiger partial charge is 0.354 e.